The number of nitrogens with one attached hydrogen (secondary N) is 1. The number of anilines is 1. The number of rotatable bonds is 3. The van der Waals surface area contributed by atoms with Gasteiger partial charge in [-0.3, -0.25) is 9.59 Å². The summed E-state index contributed by atoms with van der Waals surface area (Å²) in [5.41, 5.74) is 6.49. The number of para-hydroxylation sites is 1. The number of nitrogens with zero attached hydrogens (tertiary/aromatic N) is 1. The fraction of sp³-hybridized carbons (Fsp3) is 0.385. The molecule has 0 bridgehead atoms. The van der Waals surface area contributed by atoms with Crippen molar-refractivity contribution in [3.05, 3.63) is 29.8 Å². The molecule has 102 valence electrons. The Bertz CT molecular complexity index is 470. The van der Waals surface area contributed by atoms with E-state index in [0.717, 1.165) is 0 Å². The molecular formula is C13H17N3O3. The molecule has 2 rings (SSSR count). The van der Waals surface area contributed by atoms with Gasteiger partial charge in [0.05, 0.1) is 25.3 Å². The van der Waals surface area contributed by atoms with Crippen LogP contribution in [0.15, 0.2) is 24.3 Å². The number of ether oxygens (including phenoxy) is 1. The Morgan fingerprint density at radius 3 is 2.63 bits per heavy atom. The van der Waals surface area contributed by atoms with Crippen molar-refractivity contribution in [2.45, 2.75) is 0 Å². The van der Waals surface area contributed by atoms with Crippen molar-refractivity contribution in [1.29, 1.82) is 0 Å². The number of carbonyl (C=O) groups is 2. The first-order chi connectivity index (χ1) is 9.18. The van der Waals surface area contributed by atoms with E-state index in [-0.39, 0.29) is 18.4 Å². The van der Waals surface area contributed by atoms with Crippen LogP contribution in [0.1, 0.15) is 10.4 Å². The minimum Gasteiger partial charge on any atom is -0.398 e. The molecule has 19 heavy (non-hydrogen) atoms. The first-order valence-corrected chi connectivity index (χ1v) is 6.16. The van der Waals surface area contributed by atoms with Gasteiger partial charge in [-0.05, 0) is 12.1 Å². The number of carbonyl (C=O) groups excluding carboxylic acids is 2. The molecule has 6 nitrogen and oxygen atoms in total. The fourth-order valence-corrected chi connectivity index (χ4v) is 1.88. The lowest BCUT2D eigenvalue weighted by atomic mass is 10.1. The van der Waals surface area contributed by atoms with Gasteiger partial charge in [-0.15, -0.1) is 0 Å². The van der Waals surface area contributed by atoms with Crippen LogP contribution in [0.5, 0.6) is 0 Å². The van der Waals surface area contributed by atoms with E-state index in [2.05, 4.69) is 5.32 Å². The number of nitrogens with two attached hydrogens (primary N) is 1. The van der Waals surface area contributed by atoms with E-state index in [1.54, 1.807) is 29.2 Å². The smallest absolute Gasteiger partial charge is 0.253 e. The average molecular weight is 263 g/mol. The molecule has 0 spiro atoms. The summed E-state index contributed by atoms with van der Waals surface area (Å²) in [7, 11) is 0. The zero-order chi connectivity index (χ0) is 13.7. The van der Waals surface area contributed by atoms with E-state index in [1.807, 2.05) is 0 Å². The highest BCUT2D eigenvalue weighted by molar-refractivity contribution is 6.00. The maximum Gasteiger partial charge on any atom is 0.253 e. The number of nitrogen functional groups attached to an aromatic ring is 1. The van der Waals surface area contributed by atoms with Crippen LogP contribution in [0.25, 0.3) is 0 Å². The third-order valence-corrected chi connectivity index (χ3v) is 2.97. The lowest BCUT2D eigenvalue weighted by Gasteiger charge is -2.26. The van der Waals surface area contributed by atoms with Crippen LogP contribution >= 0.6 is 0 Å². The molecule has 1 fully saturated rings. The molecule has 0 aromatic heterocycles. The van der Waals surface area contributed by atoms with Crippen LogP contribution in [-0.2, 0) is 9.53 Å². The van der Waals surface area contributed by atoms with Gasteiger partial charge in [0.15, 0.2) is 0 Å². The molecule has 3 N–H and O–H groups in total. The minimum absolute atomic E-state index is 0.0207. The summed E-state index contributed by atoms with van der Waals surface area (Å²) in [6.45, 7) is 2.22. The van der Waals surface area contributed by atoms with Gasteiger partial charge in [0.2, 0.25) is 5.91 Å². The second-order valence-electron chi connectivity index (χ2n) is 4.26. The molecule has 1 aliphatic rings. The highest BCUT2D eigenvalue weighted by Gasteiger charge is 2.17. The average Bonchev–Trinajstić information content (AvgIpc) is 2.46. The predicted molar refractivity (Wildman–Crippen MR) is 70.6 cm³/mol. The molecule has 0 aliphatic carbocycles. The number of amides is 2. The predicted octanol–water partition coefficient (Wildman–Crippen LogP) is -0.143. The van der Waals surface area contributed by atoms with E-state index in [4.69, 9.17) is 10.5 Å². The van der Waals surface area contributed by atoms with E-state index in [9.17, 15) is 9.59 Å². The van der Waals surface area contributed by atoms with Crippen molar-refractivity contribution < 1.29 is 14.3 Å². The van der Waals surface area contributed by atoms with E-state index >= 15 is 0 Å². The Balaban J connectivity index is 1.86. The van der Waals surface area contributed by atoms with Crippen molar-refractivity contribution in [3.63, 3.8) is 0 Å². The van der Waals surface area contributed by atoms with Gasteiger partial charge < -0.3 is 20.7 Å². The SMILES string of the molecule is Nc1ccccc1C(=O)NCC(=O)N1CCOCC1. The zero-order valence-corrected chi connectivity index (χ0v) is 10.6. The third kappa shape index (κ3) is 3.45. The van der Waals surface area contributed by atoms with E-state index < -0.39 is 0 Å². The Morgan fingerprint density at radius 1 is 1.26 bits per heavy atom. The Kier molecular flexibility index (Phi) is 4.35. The Morgan fingerprint density at radius 2 is 1.95 bits per heavy atom. The zero-order valence-electron chi connectivity index (χ0n) is 10.6. The molecule has 0 saturated carbocycles. The summed E-state index contributed by atoms with van der Waals surface area (Å²) in [5, 5.41) is 2.59. The van der Waals surface area contributed by atoms with Gasteiger partial charge >= 0.3 is 0 Å². The number of morpholine rings is 1. The summed E-state index contributed by atoms with van der Waals surface area (Å²) in [6, 6.07) is 6.77. The number of benzene rings is 1. The van der Waals surface area contributed by atoms with Crippen LogP contribution < -0.4 is 11.1 Å². The van der Waals surface area contributed by atoms with E-state index in [0.29, 0.717) is 37.6 Å². The first-order valence-electron chi connectivity index (χ1n) is 6.16. The van der Waals surface area contributed by atoms with Crippen molar-refractivity contribution in [1.82, 2.24) is 10.2 Å². The van der Waals surface area contributed by atoms with Crippen LogP contribution in [0, 0.1) is 0 Å². The molecule has 1 aliphatic heterocycles. The lowest BCUT2D eigenvalue weighted by Crippen LogP contribution is -2.45. The van der Waals surface area contributed by atoms with Gasteiger partial charge in [-0.2, -0.15) is 0 Å². The minimum atomic E-state index is -0.334. The number of hydrogen-bond acceptors (Lipinski definition) is 4. The normalized spacial score (nSPS) is 15.1. The van der Waals surface area contributed by atoms with Gasteiger partial charge in [-0.1, -0.05) is 12.1 Å². The Hall–Kier alpha value is -2.08. The van der Waals surface area contributed by atoms with Crippen LogP contribution in [0.4, 0.5) is 5.69 Å². The highest BCUT2D eigenvalue weighted by atomic mass is 16.5. The monoisotopic (exact) mass is 263 g/mol. The summed E-state index contributed by atoms with van der Waals surface area (Å²) in [4.78, 5) is 25.4. The second-order valence-corrected chi connectivity index (χ2v) is 4.26. The van der Waals surface area contributed by atoms with Gasteiger partial charge in [0.1, 0.15) is 0 Å². The standard InChI is InChI=1S/C13H17N3O3/c14-11-4-2-1-3-10(11)13(18)15-9-12(17)16-5-7-19-8-6-16/h1-4H,5-9,14H2,(H,15,18). The molecule has 0 unspecified atom stereocenters. The largest absolute Gasteiger partial charge is 0.398 e. The molecular weight excluding hydrogens is 246 g/mol. The topological polar surface area (TPSA) is 84.7 Å². The maximum absolute atomic E-state index is 11.9. The molecule has 0 atom stereocenters. The third-order valence-electron chi connectivity index (χ3n) is 2.97. The first kappa shape index (κ1) is 13.4. The highest BCUT2D eigenvalue weighted by Crippen LogP contribution is 2.09. The summed E-state index contributed by atoms with van der Waals surface area (Å²) < 4.78 is 5.16. The quantitative estimate of drug-likeness (QED) is 0.743. The molecule has 1 saturated heterocycles. The van der Waals surface area contributed by atoms with Gasteiger partial charge in [0, 0.05) is 18.8 Å². The van der Waals surface area contributed by atoms with Crippen LogP contribution in [-0.4, -0.2) is 49.6 Å². The second kappa shape index (κ2) is 6.19. The molecule has 1 aromatic rings. The molecule has 1 heterocycles. The lowest BCUT2D eigenvalue weighted by molar-refractivity contribution is -0.134. The summed E-state index contributed by atoms with van der Waals surface area (Å²) in [6.07, 6.45) is 0. The van der Waals surface area contributed by atoms with Crippen molar-refractivity contribution in [2.24, 2.45) is 0 Å². The Labute approximate surface area is 111 Å². The van der Waals surface area contributed by atoms with E-state index in [1.165, 1.54) is 0 Å². The number of hydrogen-bond donors (Lipinski definition) is 2. The summed E-state index contributed by atoms with van der Waals surface area (Å²) in [5.74, 6) is -0.439. The fourth-order valence-electron chi connectivity index (χ4n) is 1.88. The molecule has 0 radical (unpaired) electrons. The molecule has 6 heteroatoms. The van der Waals surface area contributed by atoms with Crippen molar-refractivity contribution in [3.8, 4) is 0 Å². The van der Waals surface area contributed by atoms with Crippen LogP contribution in [0.2, 0.25) is 0 Å². The van der Waals surface area contributed by atoms with Crippen molar-refractivity contribution >= 4 is 17.5 Å². The van der Waals surface area contributed by atoms with Gasteiger partial charge in [-0.25, -0.2) is 0 Å². The molecule has 2 amide bonds. The van der Waals surface area contributed by atoms with Gasteiger partial charge in [0.25, 0.3) is 5.91 Å². The van der Waals surface area contributed by atoms with Crippen molar-refractivity contribution in [2.75, 3.05) is 38.6 Å². The molecule has 1 aromatic carbocycles. The van der Waals surface area contributed by atoms with Crippen LogP contribution in [0.3, 0.4) is 0 Å². The maximum atomic E-state index is 11.9. The summed E-state index contributed by atoms with van der Waals surface area (Å²) >= 11 is 0.